The number of hydrogen-bond acceptors (Lipinski definition) is 3. The molecule has 5 heteroatoms. The molecule has 0 atom stereocenters. The van der Waals surface area contributed by atoms with Crippen LogP contribution in [0.5, 0.6) is 0 Å². The van der Waals surface area contributed by atoms with Crippen LogP contribution in [0.15, 0.2) is 54.6 Å². The number of hydrogen-bond donors (Lipinski definition) is 0. The van der Waals surface area contributed by atoms with Gasteiger partial charge in [-0.05, 0) is 43.3 Å². The highest BCUT2D eigenvalue weighted by molar-refractivity contribution is 6.30. The first kappa shape index (κ1) is 16.9. The summed E-state index contributed by atoms with van der Waals surface area (Å²) in [7, 11) is 0. The van der Waals surface area contributed by atoms with Crippen LogP contribution in [0.2, 0.25) is 5.02 Å². The number of piperazine rings is 1. The highest BCUT2D eigenvalue weighted by atomic mass is 35.5. The molecule has 1 saturated heterocycles. The normalized spacial score (nSPS) is 14.7. The van der Waals surface area contributed by atoms with Crippen LogP contribution in [0, 0.1) is 6.92 Å². The lowest BCUT2D eigenvalue weighted by atomic mass is 10.1. The van der Waals surface area contributed by atoms with E-state index in [9.17, 15) is 4.79 Å². The second-order valence-electron chi connectivity index (χ2n) is 6.57. The van der Waals surface area contributed by atoms with Gasteiger partial charge in [-0.3, -0.25) is 9.78 Å². The lowest BCUT2D eigenvalue weighted by molar-refractivity contribution is 0.0746. The number of halogens is 1. The molecule has 0 bridgehead atoms. The first-order valence-electron chi connectivity index (χ1n) is 8.78. The third kappa shape index (κ3) is 3.25. The Kier molecular flexibility index (Phi) is 4.51. The predicted molar refractivity (Wildman–Crippen MR) is 106 cm³/mol. The van der Waals surface area contributed by atoms with Crippen molar-refractivity contribution in [3.05, 3.63) is 70.9 Å². The van der Waals surface area contributed by atoms with Gasteiger partial charge in [0.1, 0.15) is 0 Å². The Morgan fingerprint density at radius 1 is 1.00 bits per heavy atom. The zero-order valence-corrected chi connectivity index (χ0v) is 15.4. The summed E-state index contributed by atoms with van der Waals surface area (Å²) in [4.78, 5) is 21.8. The van der Waals surface area contributed by atoms with E-state index in [2.05, 4.69) is 9.88 Å². The van der Waals surface area contributed by atoms with Gasteiger partial charge in [0.25, 0.3) is 5.91 Å². The number of amides is 1. The third-order valence-corrected chi connectivity index (χ3v) is 5.16. The number of benzene rings is 2. The van der Waals surface area contributed by atoms with Crippen LogP contribution in [0.1, 0.15) is 16.1 Å². The smallest absolute Gasteiger partial charge is 0.255 e. The van der Waals surface area contributed by atoms with Crippen LogP contribution in [0.25, 0.3) is 10.9 Å². The van der Waals surface area contributed by atoms with Crippen molar-refractivity contribution >= 4 is 34.1 Å². The van der Waals surface area contributed by atoms with E-state index in [1.54, 1.807) is 0 Å². The molecule has 0 radical (unpaired) electrons. The van der Waals surface area contributed by atoms with Gasteiger partial charge in [-0.25, -0.2) is 0 Å². The number of aromatic nitrogens is 1. The van der Waals surface area contributed by atoms with Crippen LogP contribution in [0.3, 0.4) is 0 Å². The number of carbonyl (C=O) groups is 1. The van der Waals surface area contributed by atoms with E-state index >= 15 is 0 Å². The van der Waals surface area contributed by atoms with Crippen LogP contribution >= 0.6 is 11.6 Å². The molecule has 1 aromatic heterocycles. The van der Waals surface area contributed by atoms with Crippen molar-refractivity contribution in [3.8, 4) is 0 Å². The molecule has 0 aliphatic carbocycles. The molecule has 0 saturated carbocycles. The van der Waals surface area contributed by atoms with Crippen molar-refractivity contribution in [1.29, 1.82) is 0 Å². The zero-order chi connectivity index (χ0) is 18.1. The lowest BCUT2D eigenvalue weighted by Crippen LogP contribution is -2.49. The van der Waals surface area contributed by atoms with E-state index in [1.807, 2.05) is 66.4 Å². The van der Waals surface area contributed by atoms with Crippen molar-refractivity contribution in [2.24, 2.45) is 0 Å². The lowest BCUT2D eigenvalue weighted by Gasteiger charge is -2.36. The quantitative estimate of drug-likeness (QED) is 0.684. The summed E-state index contributed by atoms with van der Waals surface area (Å²) in [5.41, 5.74) is 3.55. The number of pyridine rings is 1. The van der Waals surface area contributed by atoms with Gasteiger partial charge >= 0.3 is 0 Å². The maximum absolute atomic E-state index is 13.0. The van der Waals surface area contributed by atoms with E-state index in [0.29, 0.717) is 18.7 Å². The Morgan fingerprint density at radius 2 is 1.69 bits per heavy atom. The summed E-state index contributed by atoms with van der Waals surface area (Å²) >= 11 is 5.96. The number of carbonyl (C=O) groups excluding carboxylic acids is 1. The number of anilines is 1. The SMILES string of the molecule is Cc1nc2ccccc2cc1C(=O)N1CCN(c2ccc(Cl)cc2)CC1. The average Bonchev–Trinajstić information content (AvgIpc) is 2.68. The Hall–Kier alpha value is -2.59. The Balaban J connectivity index is 1.50. The van der Waals surface area contributed by atoms with Crippen LogP contribution in [-0.2, 0) is 0 Å². The van der Waals surface area contributed by atoms with E-state index < -0.39 is 0 Å². The third-order valence-electron chi connectivity index (χ3n) is 4.90. The van der Waals surface area contributed by atoms with Gasteiger partial charge in [0.05, 0.1) is 16.8 Å². The minimum absolute atomic E-state index is 0.0662. The number of nitrogens with zero attached hydrogens (tertiary/aromatic N) is 3. The molecule has 1 fully saturated rings. The van der Waals surface area contributed by atoms with E-state index in [0.717, 1.165) is 40.4 Å². The fourth-order valence-electron chi connectivity index (χ4n) is 3.42. The first-order valence-corrected chi connectivity index (χ1v) is 9.16. The molecular formula is C21H20ClN3O. The number of para-hydroxylation sites is 1. The van der Waals surface area contributed by atoms with E-state index in [4.69, 9.17) is 11.6 Å². The van der Waals surface area contributed by atoms with E-state index in [-0.39, 0.29) is 5.91 Å². The van der Waals surface area contributed by atoms with Crippen LogP contribution in [-0.4, -0.2) is 42.0 Å². The molecule has 132 valence electrons. The van der Waals surface area contributed by atoms with E-state index in [1.165, 1.54) is 0 Å². The number of fused-ring (bicyclic) bond motifs is 1. The number of aryl methyl sites for hydroxylation is 1. The van der Waals surface area contributed by atoms with Crippen LogP contribution < -0.4 is 4.90 Å². The van der Waals surface area contributed by atoms with Gasteiger partial charge in [-0.2, -0.15) is 0 Å². The molecule has 2 aromatic carbocycles. The van der Waals surface area contributed by atoms with Crippen molar-refractivity contribution in [2.45, 2.75) is 6.92 Å². The van der Waals surface area contributed by atoms with Crippen molar-refractivity contribution in [3.63, 3.8) is 0 Å². The summed E-state index contributed by atoms with van der Waals surface area (Å²) in [6, 6.07) is 17.7. The van der Waals surface area contributed by atoms with Gasteiger partial charge in [0.15, 0.2) is 0 Å². The molecule has 26 heavy (non-hydrogen) atoms. The topological polar surface area (TPSA) is 36.4 Å². The Bertz CT molecular complexity index is 947. The molecule has 1 amide bonds. The van der Waals surface area contributed by atoms with Gasteiger partial charge in [-0.15, -0.1) is 0 Å². The number of rotatable bonds is 2. The van der Waals surface area contributed by atoms with Gasteiger partial charge < -0.3 is 9.80 Å². The summed E-state index contributed by atoms with van der Waals surface area (Å²) in [5.74, 6) is 0.0662. The fourth-order valence-corrected chi connectivity index (χ4v) is 3.54. The first-order chi connectivity index (χ1) is 12.6. The standard InChI is InChI=1S/C21H20ClN3O/c1-15-19(14-16-4-2-3-5-20(16)23-15)21(26)25-12-10-24(11-13-25)18-8-6-17(22)7-9-18/h2-9,14H,10-13H2,1H3. The van der Waals surface area contributed by atoms with Gasteiger partial charge in [0.2, 0.25) is 0 Å². The molecule has 0 spiro atoms. The van der Waals surface area contributed by atoms with Crippen LogP contribution in [0.4, 0.5) is 5.69 Å². The zero-order valence-electron chi connectivity index (χ0n) is 14.7. The highest BCUT2D eigenvalue weighted by Crippen LogP contribution is 2.22. The molecular weight excluding hydrogens is 346 g/mol. The predicted octanol–water partition coefficient (Wildman–Crippen LogP) is 4.16. The van der Waals surface area contributed by atoms with Crippen molar-refractivity contribution < 1.29 is 4.79 Å². The van der Waals surface area contributed by atoms with Crippen molar-refractivity contribution in [2.75, 3.05) is 31.1 Å². The molecule has 3 aromatic rings. The molecule has 4 rings (SSSR count). The summed E-state index contributed by atoms with van der Waals surface area (Å²) in [6.45, 7) is 4.94. The molecule has 2 heterocycles. The van der Waals surface area contributed by atoms with Gasteiger partial charge in [0, 0.05) is 42.3 Å². The summed E-state index contributed by atoms with van der Waals surface area (Å²) in [5, 5.41) is 1.74. The minimum Gasteiger partial charge on any atom is -0.368 e. The molecule has 0 unspecified atom stereocenters. The second kappa shape index (κ2) is 6.96. The summed E-state index contributed by atoms with van der Waals surface area (Å²) < 4.78 is 0. The maximum Gasteiger partial charge on any atom is 0.255 e. The molecule has 4 nitrogen and oxygen atoms in total. The Morgan fingerprint density at radius 3 is 2.42 bits per heavy atom. The Labute approximate surface area is 158 Å². The fraction of sp³-hybridized carbons (Fsp3) is 0.238. The average molecular weight is 366 g/mol. The minimum atomic E-state index is 0.0662. The second-order valence-corrected chi connectivity index (χ2v) is 7.01. The largest absolute Gasteiger partial charge is 0.368 e. The molecule has 1 aliphatic heterocycles. The van der Waals surface area contributed by atoms with Crippen molar-refractivity contribution in [1.82, 2.24) is 9.88 Å². The monoisotopic (exact) mass is 365 g/mol. The highest BCUT2D eigenvalue weighted by Gasteiger charge is 2.24. The summed E-state index contributed by atoms with van der Waals surface area (Å²) in [6.07, 6.45) is 0. The molecule has 1 aliphatic rings. The maximum atomic E-state index is 13.0. The van der Waals surface area contributed by atoms with Gasteiger partial charge in [-0.1, -0.05) is 29.8 Å². The molecule has 0 N–H and O–H groups in total.